The summed E-state index contributed by atoms with van der Waals surface area (Å²) in [5, 5.41) is 29.7. The van der Waals surface area contributed by atoms with Gasteiger partial charge in [-0.1, -0.05) is 0 Å². The molecular weight excluding hydrogens is 352 g/mol. The van der Waals surface area contributed by atoms with Crippen LogP contribution >= 0.6 is 0 Å². The van der Waals surface area contributed by atoms with Gasteiger partial charge in [0, 0.05) is 38.4 Å². The van der Waals surface area contributed by atoms with Crippen LogP contribution < -0.4 is 4.90 Å². The summed E-state index contributed by atoms with van der Waals surface area (Å²) in [7, 11) is 0. The van der Waals surface area contributed by atoms with Gasteiger partial charge in [0.25, 0.3) is 0 Å². The van der Waals surface area contributed by atoms with E-state index < -0.39 is 0 Å². The van der Waals surface area contributed by atoms with Crippen LogP contribution in [0.1, 0.15) is 56.9 Å². The van der Waals surface area contributed by atoms with Crippen molar-refractivity contribution in [3.05, 3.63) is 23.8 Å². The van der Waals surface area contributed by atoms with Gasteiger partial charge in [-0.2, -0.15) is 0 Å². The molecule has 0 aromatic heterocycles. The first-order chi connectivity index (χ1) is 13.6. The molecule has 2 saturated carbocycles. The maximum atomic E-state index is 10.1. The number of anilines is 1. The second kappa shape index (κ2) is 9.02. The highest BCUT2D eigenvalue weighted by Gasteiger charge is 2.27. The monoisotopic (exact) mass is 388 g/mol. The average molecular weight is 389 g/mol. The van der Waals surface area contributed by atoms with Crippen LogP contribution in [0.2, 0.25) is 0 Å². The number of rotatable bonds is 4. The first-order valence-corrected chi connectivity index (χ1v) is 11.2. The van der Waals surface area contributed by atoms with Crippen molar-refractivity contribution in [1.82, 2.24) is 4.90 Å². The minimum Gasteiger partial charge on any atom is -0.508 e. The number of phenolic OH excluding ortho intramolecular Hbond substituents is 1. The molecule has 2 aliphatic carbocycles. The number of aliphatic hydroxyl groups is 2. The highest BCUT2D eigenvalue weighted by molar-refractivity contribution is 5.57. The lowest BCUT2D eigenvalue weighted by atomic mass is 9.87. The molecule has 5 heteroatoms. The number of fused-ring (bicyclic) bond motifs is 1. The molecular formula is C23H36N2O3. The normalized spacial score (nSPS) is 32.0. The first kappa shape index (κ1) is 20.0. The SMILES string of the molecule is Oc1ccc2c(c1)CN(CC1CCC(O)CC1)CCN2CC1CCC(O)CC1. The Morgan fingerprint density at radius 3 is 2.04 bits per heavy atom. The molecule has 0 unspecified atom stereocenters. The van der Waals surface area contributed by atoms with Crippen molar-refractivity contribution in [2.75, 3.05) is 31.1 Å². The molecule has 1 heterocycles. The van der Waals surface area contributed by atoms with E-state index in [9.17, 15) is 15.3 Å². The van der Waals surface area contributed by atoms with Crippen LogP contribution in [-0.2, 0) is 6.54 Å². The van der Waals surface area contributed by atoms with Gasteiger partial charge in [0.05, 0.1) is 12.2 Å². The van der Waals surface area contributed by atoms with E-state index in [1.165, 1.54) is 11.3 Å². The Kier molecular flexibility index (Phi) is 6.44. The molecule has 156 valence electrons. The highest BCUT2D eigenvalue weighted by Crippen LogP contribution is 2.33. The van der Waals surface area contributed by atoms with Gasteiger partial charge in [-0.25, -0.2) is 0 Å². The third-order valence-corrected chi connectivity index (χ3v) is 7.11. The number of hydrogen-bond acceptors (Lipinski definition) is 5. The van der Waals surface area contributed by atoms with E-state index in [1.807, 2.05) is 12.1 Å². The van der Waals surface area contributed by atoms with E-state index >= 15 is 0 Å². The molecule has 0 bridgehead atoms. The van der Waals surface area contributed by atoms with Crippen molar-refractivity contribution in [2.24, 2.45) is 11.8 Å². The summed E-state index contributed by atoms with van der Waals surface area (Å²) < 4.78 is 0. The fourth-order valence-corrected chi connectivity index (χ4v) is 5.39. The van der Waals surface area contributed by atoms with Crippen LogP contribution in [-0.4, -0.2) is 58.6 Å². The Bertz CT molecular complexity index is 637. The number of phenols is 1. The second-order valence-electron chi connectivity index (χ2n) is 9.34. The van der Waals surface area contributed by atoms with Gasteiger partial charge >= 0.3 is 0 Å². The number of hydrogen-bond donors (Lipinski definition) is 3. The van der Waals surface area contributed by atoms with Crippen molar-refractivity contribution in [1.29, 1.82) is 0 Å². The standard InChI is InChI=1S/C23H36N2O3/c26-20-5-1-17(2-6-20)14-24-11-12-25(15-18-3-7-21(27)8-4-18)23-10-9-22(28)13-19(23)16-24/h9-10,13,17-18,20-21,26-28H,1-8,11-12,14-16H2. The zero-order valence-corrected chi connectivity index (χ0v) is 17.0. The molecule has 2 fully saturated rings. The van der Waals surface area contributed by atoms with Crippen molar-refractivity contribution >= 4 is 5.69 Å². The summed E-state index contributed by atoms with van der Waals surface area (Å²) in [5.74, 6) is 1.68. The summed E-state index contributed by atoms with van der Waals surface area (Å²) in [4.78, 5) is 5.06. The minimum atomic E-state index is -0.103. The minimum absolute atomic E-state index is 0.0949. The lowest BCUT2D eigenvalue weighted by Crippen LogP contribution is -2.38. The Morgan fingerprint density at radius 1 is 0.786 bits per heavy atom. The molecule has 0 saturated heterocycles. The largest absolute Gasteiger partial charge is 0.508 e. The molecule has 3 aliphatic rings. The predicted octanol–water partition coefficient (Wildman–Crippen LogP) is 3.12. The van der Waals surface area contributed by atoms with E-state index in [4.69, 9.17) is 0 Å². The van der Waals surface area contributed by atoms with E-state index in [-0.39, 0.29) is 12.2 Å². The van der Waals surface area contributed by atoms with Gasteiger partial charge in [0.15, 0.2) is 0 Å². The van der Waals surface area contributed by atoms with E-state index in [2.05, 4.69) is 15.9 Å². The van der Waals surface area contributed by atoms with Gasteiger partial charge in [-0.15, -0.1) is 0 Å². The summed E-state index contributed by atoms with van der Waals surface area (Å²) in [6.07, 6.45) is 8.01. The van der Waals surface area contributed by atoms with Crippen molar-refractivity contribution in [3.8, 4) is 5.75 Å². The Balaban J connectivity index is 1.44. The van der Waals surface area contributed by atoms with Gasteiger partial charge in [-0.3, -0.25) is 4.90 Å². The molecule has 0 spiro atoms. The number of benzene rings is 1. The van der Waals surface area contributed by atoms with Gasteiger partial charge in [-0.05, 0) is 87.0 Å². The Hall–Kier alpha value is -1.30. The van der Waals surface area contributed by atoms with E-state index in [0.29, 0.717) is 17.6 Å². The predicted molar refractivity (Wildman–Crippen MR) is 112 cm³/mol. The van der Waals surface area contributed by atoms with Crippen LogP contribution in [0.5, 0.6) is 5.75 Å². The number of nitrogens with zero attached hydrogens (tertiary/aromatic N) is 2. The molecule has 1 aliphatic heterocycles. The zero-order chi connectivity index (χ0) is 19.5. The van der Waals surface area contributed by atoms with Gasteiger partial charge in [0.2, 0.25) is 0 Å². The Morgan fingerprint density at radius 2 is 1.39 bits per heavy atom. The summed E-state index contributed by atoms with van der Waals surface area (Å²) >= 11 is 0. The van der Waals surface area contributed by atoms with Crippen LogP contribution in [0.4, 0.5) is 5.69 Å². The third kappa shape index (κ3) is 5.00. The molecule has 4 rings (SSSR count). The highest BCUT2D eigenvalue weighted by atomic mass is 16.3. The summed E-state index contributed by atoms with van der Waals surface area (Å²) in [6.45, 7) is 5.10. The lowest BCUT2D eigenvalue weighted by molar-refractivity contribution is 0.0930. The number of aromatic hydroxyl groups is 1. The van der Waals surface area contributed by atoms with Crippen molar-refractivity contribution in [3.63, 3.8) is 0 Å². The molecule has 0 amide bonds. The molecule has 28 heavy (non-hydrogen) atoms. The van der Waals surface area contributed by atoms with E-state index in [0.717, 1.165) is 84.1 Å². The molecule has 1 aromatic carbocycles. The van der Waals surface area contributed by atoms with Crippen molar-refractivity contribution in [2.45, 2.75) is 70.1 Å². The fourth-order valence-electron chi connectivity index (χ4n) is 5.39. The maximum absolute atomic E-state index is 10.1. The Labute approximate surface area is 169 Å². The van der Waals surface area contributed by atoms with Crippen molar-refractivity contribution < 1.29 is 15.3 Å². The molecule has 3 N–H and O–H groups in total. The third-order valence-electron chi connectivity index (χ3n) is 7.11. The smallest absolute Gasteiger partial charge is 0.116 e. The molecule has 0 radical (unpaired) electrons. The number of aliphatic hydroxyl groups excluding tert-OH is 2. The fraction of sp³-hybridized carbons (Fsp3) is 0.739. The van der Waals surface area contributed by atoms with Gasteiger partial charge in [0.1, 0.15) is 5.75 Å². The van der Waals surface area contributed by atoms with Crippen LogP contribution in [0.25, 0.3) is 0 Å². The summed E-state index contributed by atoms with van der Waals surface area (Å²) in [5.41, 5.74) is 2.50. The lowest BCUT2D eigenvalue weighted by Gasteiger charge is -2.33. The zero-order valence-electron chi connectivity index (χ0n) is 17.0. The second-order valence-corrected chi connectivity index (χ2v) is 9.34. The van der Waals surface area contributed by atoms with Crippen LogP contribution in [0, 0.1) is 11.8 Å². The van der Waals surface area contributed by atoms with Crippen LogP contribution in [0.3, 0.4) is 0 Å². The first-order valence-electron chi connectivity index (χ1n) is 11.2. The van der Waals surface area contributed by atoms with E-state index in [1.54, 1.807) is 0 Å². The molecule has 1 aromatic rings. The average Bonchev–Trinajstić information content (AvgIpc) is 2.84. The molecule has 5 nitrogen and oxygen atoms in total. The molecule has 0 atom stereocenters. The summed E-state index contributed by atoms with van der Waals surface area (Å²) in [6, 6.07) is 5.84. The topological polar surface area (TPSA) is 67.2 Å². The quantitative estimate of drug-likeness (QED) is 0.740. The van der Waals surface area contributed by atoms with Gasteiger partial charge < -0.3 is 20.2 Å². The van der Waals surface area contributed by atoms with Crippen LogP contribution in [0.15, 0.2) is 18.2 Å². The maximum Gasteiger partial charge on any atom is 0.116 e.